The van der Waals surface area contributed by atoms with Crippen LogP contribution in [0.25, 0.3) is 11.1 Å². The van der Waals surface area contributed by atoms with Gasteiger partial charge in [0.05, 0.1) is 6.04 Å². The summed E-state index contributed by atoms with van der Waals surface area (Å²) in [6.45, 7) is 2.79. The molecule has 0 spiro atoms. The fraction of sp³-hybridized carbons (Fsp3) is 0.300. The van der Waals surface area contributed by atoms with Gasteiger partial charge in [0.2, 0.25) is 5.91 Å². The number of benzene rings is 2. The molecule has 1 atom stereocenters. The standard InChI is InChI=1S/C20H22FN3O2/c1-14(25)24-11-10-19(13-24)23(2)20(26)22-18-8-6-15(7-9-18)16-4-3-5-17(21)12-16/h3-9,12,19H,10-11,13H2,1-2H3,(H,22,26)/t19-/m0/s1. The molecule has 0 radical (unpaired) electrons. The molecule has 136 valence electrons. The Morgan fingerprint density at radius 3 is 2.50 bits per heavy atom. The van der Waals surface area contributed by atoms with Gasteiger partial charge in [-0.3, -0.25) is 4.79 Å². The van der Waals surface area contributed by atoms with Crippen molar-refractivity contribution in [3.63, 3.8) is 0 Å². The van der Waals surface area contributed by atoms with Gasteiger partial charge < -0.3 is 15.1 Å². The van der Waals surface area contributed by atoms with Crippen molar-refractivity contribution in [3.8, 4) is 11.1 Å². The summed E-state index contributed by atoms with van der Waals surface area (Å²) in [4.78, 5) is 27.3. The quantitative estimate of drug-likeness (QED) is 0.915. The minimum absolute atomic E-state index is 0.0190. The maximum absolute atomic E-state index is 13.3. The van der Waals surface area contributed by atoms with Crippen molar-refractivity contribution in [1.29, 1.82) is 0 Å². The monoisotopic (exact) mass is 355 g/mol. The molecule has 26 heavy (non-hydrogen) atoms. The number of hydrogen-bond donors (Lipinski definition) is 1. The lowest BCUT2D eigenvalue weighted by Gasteiger charge is -2.25. The molecule has 0 bridgehead atoms. The fourth-order valence-electron chi connectivity index (χ4n) is 3.14. The van der Waals surface area contributed by atoms with Gasteiger partial charge in [0, 0.05) is 32.7 Å². The van der Waals surface area contributed by atoms with E-state index < -0.39 is 0 Å². The third-order valence-electron chi connectivity index (χ3n) is 4.77. The normalized spacial score (nSPS) is 16.4. The SMILES string of the molecule is CC(=O)N1CC[C@H](N(C)C(=O)Nc2ccc(-c3cccc(F)c3)cc2)C1. The van der Waals surface area contributed by atoms with Gasteiger partial charge in [0.15, 0.2) is 0 Å². The number of rotatable bonds is 3. The van der Waals surface area contributed by atoms with Crippen molar-refractivity contribution < 1.29 is 14.0 Å². The minimum Gasteiger partial charge on any atom is -0.341 e. The van der Waals surface area contributed by atoms with Gasteiger partial charge in [-0.15, -0.1) is 0 Å². The third kappa shape index (κ3) is 4.02. The summed E-state index contributed by atoms with van der Waals surface area (Å²) in [5.74, 6) is -0.244. The Balaban J connectivity index is 1.62. The topological polar surface area (TPSA) is 52.7 Å². The molecular weight excluding hydrogens is 333 g/mol. The van der Waals surface area contributed by atoms with Crippen LogP contribution in [0.5, 0.6) is 0 Å². The number of nitrogens with one attached hydrogen (secondary N) is 1. The van der Waals surface area contributed by atoms with Crippen LogP contribution in [-0.2, 0) is 4.79 Å². The molecule has 1 aliphatic heterocycles. The van der Waals surface area contributed by atoms with Gasteiger partial charge in [-0.05, 0) is 41.8 Å². The summed E-state index contributed by atoms with van der Waals surface area (Å²) in [5, 5.41) is 2.86. The van der Waals surface area contributed by atoms with Crippen LogP contribution in [0.4, 0.5) is 14.9 Å². The van der Waals surface area contributed by atoms with Gasteiger partial charge in [-0.2, -0.15) is 0 Å². The molecule has 1 aliphatic rings. The lowest BCUT2D eigenvalue weighted by atomic mass is 10.1. The maximum Gasteiger partial charge on any atom is 0.321 e. The smallest absolute Gasteiger partial charge is 0.321 e. The van der Waals surface area contributed by atoms with Gasteiger partial charge >= 0.3 is 6.03 Å². The van der Waals surface area contributed by atoms with Crippen molar-refractivity contribution in [1.82, 2.24) is 9.80 Å². The highest BCUT2D eigenvalue weighted by molar-refractivity contribution is 5.89. The summed E-state index contributed by atoms with van der Waals surface area (Å²) >= 11 is 0. The molecule has 2 aromatic rings. The summed E-state index contributed by atoms with van der Waals surface area (Å²) < 4.78 is 13.3. The molecule has 1 N–H and O–H groups in total. The Hall–Kier alpha value is -2.89. The zero-order chi connectivity index (χ0) is 18.7. The number of amides is 3. The highest BCUT2D eigenvalue weighted by Gasteiger charge is 2.29. The predicted molar refractivity (Wildman–Crippen MR) is 99.3 cm³/mol. The number of halogens is 1. The third-order valence-corrected chi connectivity index (χ3v) is 4.77. The van der Waals surface area contributed by atoms with Crippen LogP contribution in [-0.4, -0.2) is 47.9 Å². The van der Waals surface area contributed by atoms with Crippen LogP contribution in [0.15, 0.2) is 48.5 Å². The lowest BCUT2D eigenvalue weighted by Crippen LogP contribution is -2.41. The number of likely N-dealkylation sites (N-methyl/N-ethyl adjacent to an activating group) is 1. The molecule has 6 heteroatoms. The molecule has 2 aromatic carbocycles. The number of nitrogens with zero attached hydrogens (tertiary/aromatic N) is 2. The first-order chi connectivity index (χ1) is 12.4. The molecule has 3 amide bonds. The van der Waals surface area contributed by atoms with E-state index in [1.807, 2.05) is 18.2 Å². The second-order valence-corrected chi connectivity index (χ2v) is 6.54. The highest BCUT2D eigenvalue weighted by Crippen LogP contribution is 2.22. The summed E-state index contributed by atoms with van der Waals surface area (Å²) in [6, 6.07) is 13.5. The average molecular weight is 355 g/mol. The van der Waals surface area contributed by atoms with Crippen LogP contribution in [0.2, 0.25) is 0 Å². The Kier molecular flexibility index (Phi) is 5.21. The van der Waals surface area contributed by atoms with E-state index in [0.717, 1.165) is 17.5 Å². The van der Waals surface area contributed by atoms with Crippen LogP contribution < -0.4 is 5.32 Å². The number of urea groups is 1. The van der Waals surface area contributed by atoms with E-state index in [9.17, 15) is 14.0 Å². The number of anilines is 1. The van der Waals surface area contributed by atoms with E-state index in [2.05, 4.69) is 5.32 Å². The summed E-state index contributed by atoms with van der Waals surface area (Å²) in [6.07, 6.45) is 0.780. The zero-order valence-corrected chi connectivity index (χ0v) is 14.9. The largest absolute Gasteiger partial charge is 0.341 e. The van der Waals surface area contributed by atoms with Crippen LogP contribution in [0, 0.1) is 5.82 Å². The predicted octanol–water partition coefficient (Wildman–Crippen LogP) is 3.58. The van der Waals surface area contributed by atoms with Gasteiger partial charge in [-0.25, -0.2) is 9.18 Å². The van der Waals surface area contributed by atoms with Crippen molar-refractivity contribution in [3.05, 3.63) is 54.3 Å². The van der Waals surface area contributed by atoms with Crippen molar-refractivity contribution in [2.24, 2.45) is 0 Å². The Morgan fingerprint density at radius 1 is 1.15 bits per heavy atom. The number of carbonyl (C=O) groups excluding carboxylic acids is 2. The van der Waals surface area contributed by atoms with E-state index in [1.54, 1.807) is 42.0 Å². The summed E-state index contributed by atoms with van der Waals surface area (Å²) in [5.41, 5.74) is 2.34. The first kappa shape index (κ1) is 17.9. The molecule has 5 nitrogen and oxygen atoms in total. The van der Waals surface area contributed by atoms with E-state index in [-0.39, 0.29) is 23.8 Å². The average Bonchev–Trinajstić information content (AvgIpc) is 3.12. The fourth-order valence-corrected chi connectivity index (χ4v) is 3.14. The first-order valence-corrected chi connectivity index (χ1v) is 8.59. The molecular formula is C20H22FN3O2. The summed E-state index contributed by atoms with van der Waals surface area (Å²) in [7, 11) is 1.74. The maximum atomic E-state index is 13.3. The van der Waals surface area contributed by atoms with E-state index in [1.165, 1.54) is 12.1 Å². The van der Waals surface area contributed by atoms with Gasteiger partial charge in [0.25, 0.3) is 0 Å². The van der Waals surface area contributed by atoms with Gasteiger partial charge in [0.1, 0.15) is 5.82 Å². The Labute approximate surface area is 152 Å². The Bertz CT molecular complexity index is 807. The number of hydrogen-bond acceptors (Lipinski definition) is 2. The number of likely N-dealkylation sites (tertiary alicyclic amines) is 1. The second kappa shape index (κ2) is 7.56. The van der Waals surface area contributed by atoms with Crippen molar-refractivity contribution >= 4 is 17.6 Å². The lowest BCUT2D eigenvalue weighted by molar-refractivity contribution is -0.127. The molecule has 0 aromatic heterocycles. The molecule has 1 saturated heterocycles. The Morgan fingerprint density at radius 2 is 1.88 bits per heavy atom. The van der Waals surface area contributed by atoms with Gasteiger partial charge in [-0.1, -0.05) is 24.3 Å². The minimum atomic E-state index is -0.280. The molecule has 0 saturated carbocycles. The number of carbonyl (C=O) groups is 2. The molecule has 0 aliphatic carbocycles. The molecule has 1 fully saturated rings. The van der Waals surface area contributed by atoms with E-state index in [4.69, 9.17) is 0 Å². The molecule has 1 heterocycles. The first-order valence-electron chi connectivity index (χ1n) is 8.59. The zero-order valence-electron chi connectivity index (χ0n) is 14.9. The van der Waals surface area contributed by atoms with E-state index in [0.29, 0.717) is 18.8 Å². The molecule has 3 rings (SSSR count). The molecule has 0 unspecified atom stereocenters. The highest BCUT2D eigenvalue weighted by atomic mass is 19.1. The second-order valence-electron chi connectivity index (χ2n) is 6.54. The van der Waals surface area contributed by atoms with Crippen molar-refractivity contribution in [2.45, 2.75) is 19.4 Å². The van der Waals surface area contributed by atoms with Crippen LogP contribution in [0.3, 0.4) is 0 Å². The van der Waals surface area contributed by atoms with E-state index >= 15 is 0 Å². The van der Waals surface area contributed by atoms with Crippen LogP contribution in [0.1, 0.15) is 13.3 Å². The van der Waals surface area contributed by atoms with Crippen molar-refractivity contribution in [2.75, 3.05) is 25.5 Å². The van der Waals surface area contributed by atoms with Crippen LogP contribution >= 0.6 is 0 Å².